The van der Waals surface area contributed by atoms with E-state index in [0.717, 1.165) is 57.3 Å². The molecule has 0 saturated carbocycles. The fourth-order valence-electron chi connectivity index (χ4n) is 4.31. The zero-order valence-electron chi connectivity index (χ0n) is 17.6. The molecule has 28 heavy (non-hydrogen) atoms. The van der Waals surface area contributed by atoms with Crippen molar-refractivity contribution < 1.29 is 14.3 Å². The maximum absolute atomic E-state index is 12.7. The van der Waals surface area contributed by atoms with E-state index in [2.05, 4.69) is 34.2 Å². The molecule has 6 heteroatoms. The van der Waals surface area contributed by atoms with Gasteiger partial charge in [-0.2, -0.15) is 0 Å². The molecule has 2 aliphatic heterocycles. The minimum atomic E-state index is 0.320. The fraction of sp³-hybridized carbons (Fsp3) is 0.682. The van der Waals surface area contributed by atoms with Crippen LogP contribution in [0.3, 0.4) is 0 Å². The lowest BCUT2D eigenvalue weighted by atomic mass is 9.85. The van der Waals surface area contributed by atoms with Gasteiger partial charge >= 0.3 is 0 Å². The highest BCUT2D eigenvalue weighted by Gasteiger charge is 2.26. The van der Waals surface area contributed by atoms with Crippen molar-refractivity contribution in [2.45, 2.75) is 32.7 Å². The SMILES string of the molecule is COc1cc(CN2CCN(C(=O)CC(C)C3CCCNC3)CC2)cc(OC)c1. The second kappa shape index (κ2) is 10.1. The monoisotopic (exact) mass is 389 g/mol. The van der Waals surface area contributed by atoms with E-state index < -0.39 is 0 Å². The number of carbonyl (C=O) groups is 1. The Balaban J connectivity index is 1.47. The summed E-state index contributed by atoms with van der Waals surface area (Å²) in [7, 11) is 3.35. The molecule has 2 heterocycles. The summed E-state index contributed by atoms with van der Waals surface area (Å²) in [5.41, 5.74) is 1.18. The third-order valence-corrected chi connectivity index (χ3v) is 6.18. The van der Waals surface area contributed by atoms with Crippen molar-refractivity contribution in [3.8, 4) is 11.5 Å². The molecule has 6 nitrogen and oxygen atoms in total. The summed E-state index contributed by atoms with van der Waals surface area (Å²) in [6.45, 7) is 8.71. The van der Waals surface area contributed by atoms with Gasteiger partial charge in [0.15, 0.2) is 0 Å². The van der Waals surface area contributed by atoms with Crippen LogP contribution in [-0.4, -0.2) is 69.2 Å². The lowest BCUT2D eigenvalue weighted by Gasteiger charge is -2.36. The number of ether oxygens (including phenoxy) is 2. The van der Waals surface area contributed by atoms with Gasteiger partial charge in [-0.25, -0.2) is 0 Å². The van der Waals surface area contributed by atoms with Crippen molar-refractivity contribution in [3.63, 3.8) is 0 Å². The first kappa shape index (κ1) is 20.9. The van der Waals surface area contributed by atoms with Crippen molar-refractivity contribution >= 4 is 5.91 Å². The lowest BCUT2D eigenvalue weighted by Crippen LogP contribution is -2.48. The van der Waals surface area contributed by atoms with Crippen LogP contribution in [0.1, 0.15) is 31.7 Å². The molecule has 0 aromatic heterocycles. The van der Waals surface area contributed by atoms with Gasteiger partial charge < -0.3 is 19.7 Å². The molecule has 0 spiro atoms. The Morgan fingerprint density at radius 1 is 1.14 bits per heavy atom. The van der Waals surface area contributed by atoms with Gasteiger partial charge in [-0.1, -0.05) is 6.92 Å². The molecule has 1 aromatic carbocycles. The van der Waals surface area contributed by atoms with Gasteiger partial charge in [-0.15, -0.1) is 0 Å². The number of benzene rings is 1. The van der Waals surface area contributed by atoms with Gasteiger partial charge in [0.25, 0.3) is 0 Å². The molecule has 1 amide bonds. The minimum Gasteiger partial charge on any atom is -0.497 e. The minimum absolute atomic E-state index is 0.320. The van der Waals surface area contributed by atoms with Gasteiger partial charge in [-0.3, -0.25) is 9.69 Å². The maximum atomic E-state index is 12.7. The Kier molecular flexibility index (Phi) is 7.57. The van der Waals surface area contributed by atoms with Crippen LogP contribution in [0.25, 0.3) is 0 Å². The van der Waals surface area contributed by atoms with Crippen molar-refractivity contribution in [2.75, 3.05) is 53.5 Å². The highest BCUT2D eigenvalue weighted by atomic mass is 16.5. The number of nitrogens with zero attached hydrogens (tertiary/aromatic N) is 2. The number of piperazine rings is 1. The van der Waals surface area contributed by atoms with Crippen LogP contribution in [0.5, 0.6) is 11.5 Å². The molecule has 2 unspecified atom stereocenters. The second-order valence-corrected chi connectivity index (χ2v) is 8.17. The second-order valence-electron chi connectivity index (χ2n) is 8.17. The smallest absolute Gasteiger partial charge is 0.222 e. The van der Waals surface area contributed by atoms with Crippen LogP contribution < -0.4 is 14.8 Å². The fourth-order valence-corrected chi connectivity index (χ4v) is 4.31. The number of piperidine rings is 1. The van der Waals surface area contributed by atoms with E-state index in [4.69, 9.17) is 9.47 Å². The Labute approximate surface area is 169 Å². The largest absolute Gasteiger partial charge is 0.497 e. The Morgan fingerprint density at radius 3 is 2.39 bits per heavy atom. The van der Waals surface area contributed by atoms with Crippen molar-refractivity contribution in [3.05, 3.63) is 23.8 Å². The standard InChI is InChI=1S/C22H35N3O3/c1-17(19-5-4-6-23-15-19)11-22(26)25-9-7-24(8-10-25)16-18-12-20(27-2)14-21(13-18)28-3/h12-14,17,19,23H,4-11,15-16H2,1-3H3. The Hall–Kier alpha value is -1.79. The van der Waals surface area contributed by atoms with Crippen LogP contribution in [0.2, 0.25) is 0 Å². The summed E-state index contributed by atoms with van der Waals surface area (Å²) in [5, 5.41) is 3.46. The van der Waals surface area contributed by atoms with E-state index in [1.165, 1.54) is 18.4 Å². The zero-order valence-corrected chi connectivity index (χ0v) is 17.6. The van der Waals surface area contributed by atoms with E-state index in [9.17, 15) is 4.79 Å². The first-order valence-corrected chi connectivity index (χ1v) is 10.5. The molecular formula is C22H35N3O3. The third kappa shape index (κ3) is 5.61. The van der Waals surface area contributed by atoms with E-state index in [0.29, 0.717) is 24.2 Å². The average Bonchev–Trinajstić information content (AvgIpc) is 2.74. The quantitative estimate of drug-likeness (QED) is 0.776. The maximum Gasteiger partial charge on any atom is 0.222 e. The van der Waals surface area contributed by atoms with Gasteiger partial charge in [-0.05, 0) is 55.5 Å². The lowest BCUT2D eigenvalue weighted by molar-refractivity contribution is -0.134. The predicted octanol–water partition coefficient (Wildman–Crippen LogP) is 2.37. The van der Waals surface area contributed by atoms with Crippen LogP contribution in [0, 0.1) is 11.8 Å². The molecule has 0 bridgehead atoms. The highest BCUT2D eigenvalue weighted by molar-refractivity contribution is 5.76. The van der Waals surface area contributed by atoms with Gasteiger partial charge in [0.1, 0.15) is 11.5 Å². The highest BCUT2D eigenvalue weighted by Crippen LogP contribution is 2.25. The predicted molar refractivity (Wildman–Crippen MR) is 111 cm³/mol. The summed E-state index contributed by atoms with van der Waals surface area (Å²) in [6.07, 6.45) is 3.16. The number of methoxy groups -OCH3 is 2. The first-order valence-electron chi connectivity index (χ1n) is 10.5. The Morgan fingerprint density at radius 2 is 1.82 bits per heavy atom. The number of hydrogen-bond acceptors (Lipinski definition) is 5. The number of nitrogens with one attached hydrogen (secondary N) is 1. The summed E-state index contributed by atoms with van der Waals surface area (Å²) in [5.74, 6) is 3.05. The zero-order chi connectivity index (χ0) is 19.9. The molecule has 3 rings (SSSR count). The topological polar surface area (TPSA) is 54.0 Å². The molecular weight excluding hydrogens is 354 g/mol. The molecule has 2 aliphatic rings. The van der Waals surface area contributed by atoms with Crippen LogP contribution >= 0.6 is 0 Å². The summed E-state index contributed by atoms with van der Waals surface area (Å²) in [6, 6.07) is 6.00. The first-order chi connectivity index (χ1) is 13.6. The third-order valence-electron chi connectivity index (χ3n) is 6.18. The van der Waals surface area contributed by atoms with Crippen LogP contribution in [0.4, 0.5) is 0 Å². The molecule has 1 aromatic rings. The van der Waals surface area contributed by atoms with E-state index in [1.54, 1.807) is 14.2 Å². The number of amides is 1. The summed E-state index contributed by atoms with van der Waals surface area (Å²) < 4.78 is 10.7. The van der Waals surface area contributed by atoms with Crippen LogP contribution in [-0.2, 0) is 11.3 Å². The van der Waals surface area contributed by atoms with Crippen LogP contribution in [0.15, 0.2) is 18.2 Å². The molecule has 156 valence electrons. The average molecular weight is 390 g/mol. The van der Waals surface area contributed by atoms with Crippen molar-refractivity contribution in [1.82, 2.24) is 15.1 Å². The summed E-state index contributed by atoms with van der Waals surface area (Å²) in [4.78, 5) is 17.2. The van der Waals surface area contributed by atoms with E-state index >= 15 is 0 Å². The number of carbonyl (C=O) groups excluding carboxylic acids is 1. The van der Waals surface area contributed by atoms with E-state index in [1.807, 2.05) is 6.07 Å². The Bertz CT molecular complexity index is 616. The summed E-state index contributed by atoms with van der Waals surface area (Å²) >= 11 is 0. The molecule has 0 aliphatic carbocycles. The van der Waals surface area contributed by atoms with Crippen molar-refractivity contribution in [2.24, 2.45) is 11.8 Å². The molecule has 0 radical (unpaired) electrons. The van der Waals surface area contributed by atoms with Gasteiger partial charge in [0.05, 0.1) is 14.2 Å². The molecule has 2 fully saturated rings. The number of hydrogen-bond donors (Lipinski definition) is 1. The molecule has 2 atom stereocenters. The van der Waals surface area contributed by atoms with E-state index in [-0.39, 0.29) is 0 Å². The van der Waals surface area contributed by atoms with Gasteiger partial charge in [0.2, 0.25) is 5.91 Å². The number of rotatable bonds is 7. The van der Waals surface area contributed by atoms with Crippen molar-refractivity contribution in [1.29, 1.82) is 0 Å². The van der Waals surface area contributed by atoms with Gasteiger partial charge in [0, 0.05) is 45.2 Å². The normalized spacial score (nSPS) is 22.0. The molecule has 2 saturated heterocycles. The molecule has 1 N–H and O–H groups in total.